The third-order valence-corrected chi connectivity index (χ3v) is 2.85. The number of aliphatic carboxylic acids is 4. The van der Waals surface area contributed by atoms with Crippen molar-refractivity contribution in [1.82, 2.24) is 5.32 Å². The first kappa shape index (κ1) is 28.0. The molecule has 0 spiro atoms. The molecule has 0 rings (SSSR count). The van der Waals surface area contributed by atoms with Gasteiger partial charge in [-0.2, -0.15) is 0 Å². The van der Waals surface area contributed by atoms with Gasteiger partial charge in [-0.05, 0) is 21.0 Å². The molecule has 0 saturated carbocycles. The zero-order valence-electron chi connectivity index (χ0n) is 15.8. The van der Waals surface area contributed by atoms with Crippen molar-refractivity contribution < 1.29 is 63.8 Å². The zero-order chi connectivity index (χ0) is 23.4. The second-order valence-electron chi connectivity index (χ2n) is 5.55. The van der Waals surface area contributed by atoms with E-state index in [4.69, 9.17) is 15.3 Å². The van der Waals surface area contributed by atoms with Crippen LogP contribution in [0.15, 0.2) is 0 Å². The molecule has 14 heteroatoms. The molecule has 0 aromatic carbocycles. The molecule has 166 valence electrons. The Kier molecular flexibility index (Phi) is 12.5. The highest BCUT2D eigenvalue weighted by Gasteiger charge is 2.48. The summed E-state index contributed by atoms with van der Waals surface area (Å²) in [7, 11) is 3.75. The van der Waals surface area contributed by atoms with E-state index in [1.165, 1.54) is 0 Å². The van der Waals surface area contributed by atoms with Crippen LogP contribution in [0.2, 0.25) is 0 Å². The molecule has 0 aliphatic heterocycles. The first-order chi connectivity index (χ1) is 13.2. The molecule has 0 aliphatic rings. The molecular formula is C15H23NO13. The number of aliphatic hydroxyl groups is 1. The molecule has 0 saturated heterocycles. The number of nitrogens with one attached hydrogen (secondary N) is 1. The summed E-state index contributed by atoms with van der Waals surface area (Å²) in [5.74, 6) is -10.4. The average Bonchev–Trinajstić information content (AvgIpc) is 2.53. The molecule has 0 bridgehead atoms. The molecule has 29 heavy (non-hydrogen) atoms. The fourth-order valence-electron chi connectivity index (χ4n) is 1.61. The molecule has 6 N–H and O–H groups in total. The lowest BCUT2D eigenvalue weighted by molar-refractivity contribution is -0.193. The predicted octanol–water partition coefficient (Wildman–Crippen LogP) is -2.09. The highest BCUT2D eigenvalue weighted by Crippen LogP contribution is 2.24. The maximum absolute atomic E-state index is 11.7. The van der Waals surface area contributed by atoms with E-state index in [2.05, 4.69) is 14.8 Å². The highest BCUT2D eigenvalue weighted by molar-refractivity contribution is 5.92. The maximum Gasteiger partial charge on any atom is 0.349 e. The quantitative estimate of drug-likeness (QED) is 0.195. The Morgan fingerprint density at radius 1 is 0.931 bits per heavy atom. The zero-order valence-corrected chi connectivity index (χ0v) is 15.8. The number of carboxylic acid groups (broad SMARTS) is 4. The van der Waals surface area contributed by atoms with Gasteiger partial charge in [0.05, 0.1) is 19.3 Å². The van der Waals surface area contributed by atoms with E-state index in [-0.39, 0.29) is 0 Å². The van der Waals surface area contributed by atoms with Crippen LogP contribution in [0.1, 0.15) is 26.2 Å². The van der Waals surface area contributed by atoms with Crippen LogP contribution in [-0.4, -0.2) is 93.3 Å². The van der Waals surface area contributed by atoms with Crippen LogP contribution in [0.4, 0.5) is 0 Å². The SMILES string of the molecule is CC(OC(=O)CC(CC(=O)O)(OC(=O)C(O)CC(=O)O)C(=O)O)C(=O)O.CNC. The number of carbonyl (C=O) groups is 6. The normalized spacial score (nSPS) is 14.1. The van der Waals surface area contributed by atoms with Gasteiger partial charge in [-0.3, -0.25) is 14.4 Å². The van der Waals surface area contributed by atoms with Gasteiger partial charge in [-0.1, -0.05) is 0 Å². The van der Waals surface area contributed by atoms with Gasteiger partial charge < -0.3 is 40.3 Å². The minimum atomic E-state index is -3.04. The first-order valence-electron chi connectivity index (χ1n) is 7.81. The maximum atomic E-state index is 11.7. The Hall–Kier alpha value is -3.26. The Morgan fingerprint density at radius 2 is 1.41 bits per heavy atom. The number of rotatable bonds is 11. The molecule has 3 unspecified atom stereocenters. The Morgan fingerprint density at radius 3 is 1.76 bits per heavy atom. The lowest BCUT2D eigenvalue weighted by Gasteiger charge is -2.28. The molecule has 0 aromatic rings. The van der Waals surface area contributed by atoms with Crippen molar-refractivity contribution in [1.29, 1.82) is 0 Å². The monoisotopic (exact) mass is 425 g/mol. The van der Waals surface area contributed by atoms with Crippen molar-refractivity contribution in [2.45, 2.75) is 44.0 Å². The standard InChI is InChI=1S/C13H16O13.C2H7N/c1-5(10(20)21)25-9(19)4-13(12(23)24,3-8(17)18)26-11(22)6(14)2-7(15)16;1-3-2/h5-6,14H,2-4H2,1H3,(H,15,16)(H,17,18)(H,20,21)(H,23,24);3H,1-2H3. The molecule has 0 heterocycles. The highest BCUT2D eigenvalue weighted by atomic mass is 16.6. The Bertz CT molecular complexity index is 632. The van der Waals surface area contributed by atoms with E-state index in [1.807, 2.05) is 14.1 Å². The number of hydrogen-bond donors (Lipinski definition) is 6. The van der Waals surface area contributed by atoms with Gasteiger partial charge in [-0.25, -0.2) is 14.4 Å². The molecule has 3 atom stereocenters. The second-order valence-corrected chi connectivity index (χ2v) is 5.55. The van der Waals surface area contributed by atoms with E-state index in [0.29, 0.717) is 0 Å². The molecular weight excluding hydrogens is 402 g/mol. The summed E-state index contributed by atoms with van der Waals surface area (Å²) >= 11 is 0. The molecule has 14 nitrogen and oxygen atoms in total. The number of hydrogen-bond acceptors (Lipinski definition) is 10. The van der Waals surface area contributed by atoms with Gasteiger partial charge in [0.1, 0.15) is 0 Å². The lowest BCUT2D eigenvalue weighted by Crippen LogP contribution is -2.49. The second kappa shape index (κ2) is 13.0. The van der Waals surface area contributed by atoms with E-state index < -0.39 is 72.9 Å². The van der Waals surface area contributed by atoms with E-state index in [1.54, 1.807) is 0 Å². The average molecular weight is 425 g/mol. The van der Waals surface area contributed by atoms with Crippen molar-refractivity contribution in [3.05, 3.63) is 0 Å². The molecule has 0 aromatic heterocycles. The van der Waals surface area contributed by atoms with Gasteiger partial charge in [-0.15, -0.1) is 0 Å². The summed E-state index contributed by atoms with van der Waals surface area (Å²) < 4.78 is 8.77. The predicted molar refractivity (Wildman–Crippen MR) is 89.8 cm³/mol. The molecule has 0 fully saturated rings. The Labute approximate surface area is 164 Å². The summed E-state index contributed by atoms with van der Waals surface area (Å²) in [6.45, 7) is 0.933. The van der Waals surface area contributed by atoms with Crippen LogP contribution in [0.25, 0.3) is 0 Å². The smallest absolute Gasteiger partial charge is 0.349 e. The number of carboxylic acids is 4. The fraction of sp³-hybridized carbons (Fsp3) is 0.600. The number of esters is 2. The number of carbonyl (C=O) groups excluding carboxylic acids is 2. The van der Waals surface area contributed by atoms with Crippen LogP contribution in [0.5, 0.6) is 0 Å². The van der Waals surface area contributed by atoms with E-state index in [0.717, 1.165) is 6.92 Å². The van der Waals surface area contributed by atoms with Crippen LogP contribution < -0.4 is 5.32 Å². The first-order valence-corrected chi connectivity index (χ1v) is 7.81. The fourth-order valence-corrected chi connectivity index (χ4v) is 1.61. The molecule has 0 amide bonds. The van der Waals surface area contributed by atoms with Gasteiger partial charge >= 0.3 is 35.8 Å². The van der Waals surface area contributed by atoms with Crippen molar-refractivity contribution >= 4 is 35.8 Å². The van der Waals surface area contributed by atoms with Crippen LogP contribution in [0, 0.1) is 0 Å². The summed E-state index contributed by atoms with van der Waals surface area (Å²) in [6.07, 6.45) is -8.02. The van der Waals surface area contributed by atoms with Crippen LogP contribution in [0.3, 0.4) is 0 Å². The summed E-state index contributed by atoms with van der Waals surface area (Å²) in [6, 6.07) is 0. The molecule has 0 radical (unpaired) electrons. The van der Waals surface area contributed by atoms with E-state index in [9.17, 15) is 39.0 Å². The van der Waals surface area contributed by atoms with Crippen molar-refractivity contribution in [2.75, 3.05) is 14.1 Å². The van der Waals surface area contributed by atoms with E-state index >= 15 is 0 Å². The molecule has 0 aliphatic carbocycles. The summed E-state index contributed by atoms with van der Waals surface area (Å²) in [4.78, 5) is 66.8. The van der Waals surface area contributed by atoms with Crippen LogP contribution >= 0.6 is 0 Å². The van der Waals surface area contributed by atoms with Gasteiger partial charge in [0.25, 0.3) is 0 Å². The lowest BCUT2D eigenvalue weighted by atomic mass is 9.95. The summed E-state index contributed by atoms with van der Waals surface area (Å²) in [5.41, 5.74) is -3.04. The summed E-state index contributed by atoms with van der Waals surface area (Å²) in [5, 5.41) is 47.2. The van der Waals surface area contributed by atoms with Crippen LogP contribution in [-0.2, 0) is 38.2 Å². The topological polar surface area (TPSA) is 234 Å². The number of aliphatic hydroxyl groups excluding tert-OH is 1. The van der Waals surface area contributed by atoms with Crippen molar-refractivity contribution in [3.63, 3.8) is 0 Å². The third kappa shape index (κ3) is 11.2. The largest absolute Gasteiger partial charge is 0.481 e. The van der Waals surface area contributed by atoms with Gasteiger partial charge in [0.15, 0.2) is 12.2 Å². The Balaban J connectivity index is 0. The van der Waals surface area contributed by atoms with Crippen molar-refractivity contribution in [3.8, 4) is 0 Å². The minimum absolute atomic E-state index is 0.933. The van der Waals surface area contributed by atoms with Gasteiger partial charge in [0, 0.05) is 0 Å². The minimum Gasteiger partial charge on any atom is -0.481 e. The van der Waals surface area contributed by atoms with Crippen molar-refractivity contribution in [2.24, 2.45) is 0 Å². The number of ether oxygens (including phenoxy) is 2. The van der Waals surface area contributed by atoms with Gasteiger partial charge in [0.2, 0.25) is 5.60 Å². The third-order valence-electron chi connectivity index (χ3n) is 2.85.